The summed E-state index contributed by atoms with van der Waals surface area (Å²) < 4.78 is 10.5. The Morgan fingerprint density at radius 3 is 1.32 bits per heavy atom. The molecule has 0 heterocycles. The van der Waals surface area contributed by atoms with Gasteiger partial charge in [0.05, 0.1) is 24.3 Å². The summed E-state index contributed by atoms with van der Waals surface area (Å²) in [5, 5.41) is 5.54. The minimum absolute atomic E-state index is 0.299. The summed E-state index contributed by atoms with van der Waals surface area (Å²) in [6, 6.07) is 19.2. The zero-order chi connectivity index (χ0) is 28.7. The van der Waals surface area contributed by atoms with Crippen molar-refractivity contribution in [3.8, 4) is 0 Å². The Labute approximate surface area is 235 Å². The van der Waals surface area contributed by atoms with Crippen molar-refractivity contribution in [3.63, 3.8) is 0 Å². The molecule has 210 valence electrons. The van der Waals surface area contributed by atoms with Gasteiger partial charge in [-0.25, -0.2) is 9.59 Å². The quantitative estimate of drug-likeness (QED) is 0.169. The third kappa shape index (κ3) is 9.38. The second-order valence-electron chi connectivity index (χ2n) is 9.33. The Bertz CT molecular complexity index is 1190. The molecule has 0 saturated heterocycles. The Morgan fingerprint density at radius 2 is 0.950 bits per heavy atom. The smallest absolute Gasteiger partial charge is 0.338 e. The first-order chi connectivity index (χ1) is 19.4. The van der Waals surface area contributed by atoms with Crippen molar-refractivity contribution in [2.75, 3.05) is 23.8 Å². The number of carbonyl (C=O) groups is 4. The van der Waals surface area contributed by atoms with Gasteiger partial charge in [0, 0.05) is 22.5 Å². The molecule has 8 nitrogen and oxygen atoms in total. The van der Waals surface area contributed by atoms with Crippen molar-refractivity contribution < 1.29 is 28.7 Å². The standard InChI is InChI=1S/C32H36N2O6/c1-3-5-7-20-39-31(37)23-12-16-27(17-13-23)33-29(35)25-10-9-11-26(22-25)30(36)34-28-18-14-24(15-19-28)32(38)40-21-8-6-4-2/h9-19,22H,3-8,20-21H2,1-2H3,(H,33,35)(H,34,36). The maximum Gasteiger partial charge on any atom is 0.338 e. The summed E-state index contributed by atoms with van der Waals surface area (Å²) in [5.74, 6) is -1.59. The molecule has 0 spiro atoms. The number of unbranched alkanes of at least 4 members (excludes halogenated alkanes) is 4. The number of hydrogen-bond donors (Lipinski definition) is 2. The fourth-order valence-corrected chi connectivity index (χ4v) is 3.79. The van der Waals surface area contributed by atoms with Crippen LogP contribution in [0.1, 0.15) is 93.8 Å². The Morgan fingerprint density at radius 1 is 0.550 bits per heavy atom. The molecule has 0 atom stereocenters. The van der Waals surface area contributed by atoms with Gasteiger partial charge in [0.25, 0.3) is 11.8 Å². The van der Waals surface area contributed by atoms with Crippen molar-refractivity contribution in [3.05, 3.63) is 95.1 Å². The van der Waals surface area contributed by atoms with Gasteiger partial charge in [-0.1, -0.05) is 45.6 Å². The monoisotopic (exact) mass is 544 g/mol. The van der Waals surface area contributed by atoms with Crippen LogP contribution in [0.15, 0.2) is 72.8 Å². The molecule has 2 amide bonds. The first-order valence-corrected chi connectivity index (χ1v) is 13.7. The lowest BCUT2D eigenvalue weighted by molar-refractivity contribution is 0.0489. The summed E-state index contributed by atoms with van der Waals surface area (Å²) in [7, 11) is 0. The van der Waals surface area contributed by atoms with Crippen molar-refractivity contribution in [2.24, 2.45) is 0 Å². The van der Waals surface area contributed by atoms with Crippen molar-refractivity contribution in [1.29, 1.82) is 0 Å². The van der Waals surface area contributed by atoms with Crippen LogP contribution in [0.4, 0.5) is 11.4 Å². The Kier molecular flexibility index (Phi) is 11.9. The van der Waals surface area contributed by atoms with E-state index in [0.29, 0.717) is 46.8 Å². The highest BCUT2D eigenvalue weighted by molar-refractivity contribution is 6.09. The Hall–Kier alpha value is -4.46. The molecule has 3 aromatic carbocycles. The summed E-state index contributed by atoms with van der Waals surface area (Å²) in [6.07, 6.45) is 5.76. The predicted octanol–water partition coefficient (Wildman–Crippen LogP) is 6.89. The topological polar surface area (TPSA) is 111 Å². The van der Waals surface area contributed by atoms with Gasteiger partial charge < -0.3 is 20.1 Å². The predicted molar refractivity (Wildman–Crippen MR) is 155 cm³/mol. The number of amides is 2. The summed E-state index contributed by atoms with van der Waals surface area (Å²) >= 11 is 0. The second-order valence-corrected chi connectivity index (χ2v) is 9.33. The molecular formula is C32H36N2O6. The molecule has 40 heavy (non-hydrogen) atoms. The van der Waals surface area contributed by atoms with Crippen LogP contribution in [0.25, 0.3) is 0 Å². The van der Waals surface area contributed by atoms with Gasteiger partial charge in [0.2, 0.25) is 0 Å². The molecule has 8 heteroatoms. The van der Waals surface area contributed by atoms with Gasteiger partial charge in [-0.15, -0.1) is 0 Å². The molecule has 0 saturated carbocycles. The molecule has 3 rings (SSSR count). The Balaban J connectivity index is 1.54. The van der Waals surface area contributed by atoms with E-state index in [1.54, 1.807) is 66.7 Å². The number of anilines is 2. The molecule has 0 radical (unpaired) electrons. The summed E-state index contributed by atoms with van der Waals surface area (Å²) in [4.78, 5) is 49.9. The van der Waals surface area contributed by atoms with Crippen molar-refractivity contribution >= 4 is 35.1 Å². The van der Waals surface area contributed by atoms with Crippen LogP contribution in [0.5, 0.6) is 0 Å². The van der Waals surface area contributed by atoms with Crippen LogP contribution in [-0.4, -0.2) is 37.0 Å². The minimum Gasteiger partial charge on any atom is -0.462 e. The average Bonchev–Trinajstić information content (AvgIpc) is 2.98. The van der Waals surface area contributed by atoms with Gasteiger partial charge in [-0.2, -0.15) is 0 Å². The molecule has 0 aliphatic heterocycles. The van der Waals surface area contributed by atoms with E-state index in [0.717, 1.165) is 38.5 Å². The normalized spacial score (nSPS) is 10.4. The van der Waals surface area contributed by atoms with Crippen LogP contribution in [0, 0.1) is 0 Å². The van der Waals surface area contributed by atoms with E-state index in [-0.39, 0.29) is 0 Å². The van der Waals surface area contributed by atoms with Gasteiger partial charge in [0.15, 0.2) is 0 Å². The van der Waals surface area contributed by atoms with Crippen LogP contribution < -0.4 is 10.6 Å². The maximum atomic E-state index is 12.8. The summed E-state index contributed by atoms with van der Waals surface area (Å²) in [6.45, 7) is 4.93. The first kappa shape index (κ1) is 30.1. The maximum absolute atomic E-state index is 12.8. The highest BCUT2D eigenvalue weighted by Crippen LogP contribution is 2.16. The van der Waals surface area contributed by atoms with E-state index in [1.165, 1.54) is 6.07 Å². The number of rotatable bonds is 14. The number of benzene rings is 3. The molecule has 0 aromatic heterocycles. The van der Waals surface area contributed by atoms with E-state index in [4.69, 9.17) is 9.47 Å². The molecule has 0 unspecified atom stereocenters. The van der Waals surface area contributed by atoms with Gasteiger partial charge in [-0.05, 0) is 79.6 Å². The molecule has 0 fully saturated rings. The third-order valence-corrected chi connectivity index (χ3v) is 6.11. The van der Waals surface area contributed by atoms with Gasteiger partial charge in [0.1, 0.15) is 0 Å². The SMILES string of the molecule is CCCCCOC(=O)c1ccc(NC(=O)c2cccc(C(=O)Nc3ccc(C(=O)OCCCCC)cc3)c2)cc1. The lowest BCUT2D eigenvalue weighted by Gasteiger charge is -2.09. The lowest BCUT2D eigenvalue weighted by atomic mass is 10.1. The van der Waals surface area contributed by atoms with E-state index < -0.39 is 23.8 Å². The lowest BCUT2D eigenvalue weighted by Crippen LogP contribution is -2.16. The molecule has 0 bridgehead atoms. The van der Waals surface area contributed by atoms with Crippen LogP contribution in [-0.2, 0) is 9.47 Å². The molecular weight excluding hydrogens is 508 g/mol. The summed E-state index contributed by atoms with van der Waals surface area (Å²) in [5.41, 5.74) is 2.43. The number of nitrogens with one attached hydrogen (secondary N) is 2. The second kappa shape index (κ2) is 15.8. The first-order valence-electron chi connectivity index (χ1n) is 13.7. The number of carbonyl (C=O) groups excluding carboxylic acids is 4. The van der Waals surface area contributed by atoms with Gasteiger partial charge >= 0.3 is 11.9 Å². The van der Waals surface area contributed by atoms with Crippen LogP contribution in [0.3, 0.4) is 0 Å². The number of hydrogen-bond acceptors (Lipinski definition) is 6. The van der Waals surface area contributed by atoms with Crippen LogP contribution >= 0.6 is 0 Å². The van der Waals surface area contributed by atoms with E-state index in [2.05, 4.69) is 24.5 Å². The molecule has 0 aliphatic rings. The van der Waals surface area contributed by atoms with E-state index >= 15 is 0 Å². The van der Waals surface area contributed by atoms with Crippen molar-refractivity contribution in [1.82, 2.24) is 0 Å². The largest absolute Gasteiger partial charge is 0.462 e. The zero-order valence-electron chi connectivity index (χ0n) is 23.0. The minimum atomic E-state index is -0.398. The van der Waals surface area contributed by atoms with Gasteiger partial charge in [-0.3, -0.25) is 9.59 Å². The highest BCUT2D eigenvalue weighted by atomic mass is 16.5. The molecule has 0 aliphatic carbocycles. The number of esters is 2. The van der Waals surface area contributed by atoms with Crippen LogP contribution in [0.2, 0.25) is 0 Å². The van der Waals surface area contributed by atoms with E-state index in [9.17, 15) is 19.2 Å². The van der Waals surface area contributed by atoms with E-state index in [1.807, 2.05) is 0 Å². The third-order valence-electron chi connectivity index (χ3n) is 6.11. The fraction of sp³-hybridized carbons (Fsp3) is 0.312. The highest BCUT2D eigenvalue weighted by Gasteiger charge is 2.13. The average molecular weight is 545 g/mol. The molecule has 2 N–H and O–H groups in total. The number of ether oxygens (including phenoxy) is 2. The van der Waals surface area contributed by atoms with Crippen molar-refractivity contribution in [2.45, 2.75) is 52.4 Å². The fourth-order valence-electron chi connectivity index (χ4n) is 3.79. The zero-order valence-corrected chi connectivity index (χ0v) is 23.0. The molecule has 3 aromatic rings.